The predicted molar refractivity (Wildman–Crippen MR) is 124 cm³/mol. The lowest BCUT2D eigenvalue weighted by Crippen LogP contribution is -2.48. The van der Waals surface area contributed by atoms with Crippen molar-refractivity contribution in [2.45, 2.75) is 30.5 Å². The Morgan fingerprint density at radius 3 is 2.26 bits per heavy atom. The molecular formula is C25H28N2O3S. The third kappa shape index (κ3) is 4.36. The van der Waals surface area contributed by atoms with E-state index in [4.69, 9.17) is 0 Å². The molecule has 31 heavy (non-hydrogen) atoms. The van der Waals surface area contributed by atoms with Gasteiger partial charge in [-0.05, 0) is 42.3 Å². The van der Waals surface area contributed by atoms with E-state index in [1.807, 2.05) is 6.07 Å². The van der Waals surface area contributed by atoms with Crippen molar-refractivity contribution < 1.29 is 13.2 Å². The molecule has 6 heteroatoms. The molecule has 0 atom stereocenters. The first-order chi connectivity index (χ1) is 14.9. The van der Waals surface area contributed by atoms with Crippen LogP contribution in [-0.4, -0.2) is 55.6 Å². The van der Waals surface area contributed by atoms with Gasteiger partial charge in [-0.15, -0.1) is 0 Å². The highest BCUT2D eigenvalue weighted by Gasteiger charge is 2.29. The van der Waals surface area contributed by atoms with Gasteiger partial charge in [0.25, 0.3) is 5.91 Å². The molecule has 0 radical (unpaired) electrons. The lowest BCUT2D eigenvalue weighted by atomic mass is 10.0. The van der Waals surface area contributed by atoms with E-state index in [0.717, 1.165) is 19.6 Å². The zero-order chi connectivity index (χ0) is 22.0. The van der Waals surface area contributed by atoms with Crippen LogP contribution in [0, 0.1) is 0 Å². The Labute approximate surface area is 184 Å². The summed E-state index contributed by atoms with van der Waals surface area (Å²) < 4.78 is 25.4. The van der Waals surface area contributed by atoms with Crippen LogP contribution in [0.25, 0.3) is 10.8 Å². The summed E-state index contributed by atoms with van der Waals surface area (Å²) in [4.78, 5) is 17.4. The number of hydrogen-bond donors (Lipinski definition) is 0. The summed E-state index contributed by atoms with van der Waals surface area (Å²) in [6.45, 7) is 6.80. The molecule has 1 amide bonds. The Morgan fingerprint density at radius 2 is 1.52 bits per heavy atom. The van der Waals surface area contributed by atoms with Gasteiger partial charge in [0.2, 0.25) is 0 Å². The summed E-state index contributed by atoms with van der Waals surface area (Å²) in [7, 11) is -3.52. The van der Waals surface area contributed by atoms with Gasteiger partial charge in [0.1, 0.15) is 0 Å². The summed E-state index contributed by atoms with van der Waals surface area (Å²) in [5, 5.41) is 1.92. The molecule has 0 unspecified atom stereocenters. The minimum Gasteiger partial charge on any atom is -0.336 e. The van der Waals surface area contributed by atoms with Crippen LogP contribution in [0.5, 0.6) is 0 Å². The fourth-order valence-electron chi connectivity index (χ4n) is 4.10. The number of piperazine rings is 1. The number of benzene rings is 3. The summed E-state index contributed by atoms with van der Waals surface area (Å²) in [6, 6.07) is 21.3. The maximum absolute atomic E-state index is 13.2. The number of hydrogen-bond acceptors (Lipinski definition) is 4. The fourth-order valence-corrected chi connectivity index (χ4v) is 5.33. The molecule has 0 bridgehead atoms. The van der Waals surface area contributed by atoms with E-state index in [1.165, 1.54) is 16.3 Å². The third-order valence-corrected chi connectivity index (χ3v) is 8.19. The van der Waals surface area contributed by atoms with Crippen LogP contribution in [0.4, 0.5) is 0 Å². The van der Waals surface area contributed by atoms with Crippen molar-refractivity contribution in [3.8, 4) is 0 Å². The van der Waals surface area contributed by atoms with Crippen LogP contribution < -0.4 is 0 Å². The molecule has 0 saturated carbocycles. The van der Waals surface area contributed by atoms with Gasteiger partial charge in [0, 0.05) is 32.7 Å². The Balaban J connectivity index is 1.47. The standard InChI is InChI=1S/C25H28N2O3S/c1-19(2)31(29,30)24-13-6-5-12-23(24)25(28)27-16-14-26(15-17-27)18-21-10-7-9-20-8-3-4-11-22(20)21/h3-13,19H,14-18H2,1-2H3. The second kappa shape index (κ2) is 8.81. The van der Waals surface area contributed by atoms with E-state index >= 15 is 0 Å². The molecule has 1 saturated heterocycles. The van der Waals surface area contributed by atoms with E-state index in [0.29, 0.717) is 13.1 Å². The first-order valence-corrected chi connectivity index (χ1v) is 12.2. The van der Waals surface area contributed by atoms with Crippen LogP contribution in [0.1, 0.15) is 29.8 Å². The Morgan fingerprint density at radius 1 is 0.871 bits per heavy atom. The number of carbonyl (C=O) groups is 1. The van der Waals surface area contributed by atoms with Crippen molar-refractivity contribution in [1.29, 1.82) is 0 Å². The Hall–Kier alpha value is -2.70. The number of fused-ring (bicyclic) bond motifs is 1. The number of sulfone groups is 1. The van der Waals surface area contributed by atoms with Crippen molar-refractivity contribution >= 4 is 26.5 Å². The third-order valence-electron chi connectivity index (χ3n) is 5.98. The average molecular weight is 437 g/mol. The van der Waals surface area contributed by atoms with E-state index in [-0.39, 0.29) is 16.4 Å². The van der Waals surface area contributed by atoms with Crippen molar-refractivity contribution in [2.24, 2.45) is 0 Å². The molecule has 0 spiro atoms. The summed E-state index contributed by atoms with van der Waals surface area (Å²) in [5.41, 5.74) is 1.56. The van der Waals surface area contributed by atoms with E-state index in [1.54, 1.807) is 43.0 Å². The first-order valence-electron chi connectivity index (χ1n) is 10.7. The van der Waals surface area contributed by atoms with E-state index in [9.17, 15) is 13.2 Å². The van der Waals surface area contributed by atoms with Crippen molar-refractivity contribution in [2.75, 3.05) is 26.2 Å². The normalized spacial score (nSPS) is 15.5. The van der Waals surface area contributed by atoms with Crippen LogP contribution >= 0.6 is 0 Å². The topological polar surface area (TPSA) is 57.7 Å². The molecule has 0 aliphatic carbocycles. The van der Waals surface area contributed by atoms with E-state index in [2.05, 4.69) is 41.3 Å². The van der Waals surface area contributed by atoms with Gasteiger partial charge < -0.3 is 4.90 Å². The molecule has 162 valence electrons. The van der Waals surface area contributed by atoms with Gasteiger partial charge in [-0.25, -0.2) is 8.42 Å². The van der Waals surface area contributed by atoms with Gasteiger partial charge in [0.15, 0.2) is 9.84 Å². The van der Waals surface area contributed by atoms with Gasteiger partial charge in [-0.2, -0.15) is 0 Å². The van der Waals surface area contributed by atoms with Gasteiger partial charge in [-0.3, -0.25) is 9.69 Å². The summed E-state index contributed by atoms with van der Waals surface area (Å²) in [6.07, 6.45) is 0. The van der Waals surface area contributed by atoms with Gasteiger partial charge >= 0.3 is 0 Å². The number of nitrogens with zero attached hydrogens (tertiary/aromatic N) is 2. The fraction of sp³-hybridized carbons (Fsp3) is 0.320. The van der Waals surface area contributed by atoms with Crippen molar-refractivity contribution in [1.82, 2.24) is 9.80 Å². The molecule has 1 fully saturated rings. The molecule has 5 nitrogen and oxygen atoms in total. The van der Waals surface area contributed by atoms with Crippen LogP contribution in [0.15, 0.2) is 71.6 Å². The molecule has 1 aliphatic rings. The van der Waals surface area contributed by atoms with Gasteiger partial charge in [0.05, 0.1) is 15.7 Å². The predicted octanol–water partition coefficient (Wildman–Crippen LogP) is 3.98. The molecule has 4 rings (SSSR count). The Kier molecular flexibility index (Phi) is 6.12. The lowest BCUT2D eigenvalue weighted by molar-refractivity contribution is 0.0625. The minimum atomic E-state index is -3.52. The van der Waals surface area contributed by atoms with Crippen molar-refractivity contribution in [3.05, 3.63) is 77.9 Å². The second-order valence-corrected chi connectivity index (χ2v) is 10.8. The number of rotatable bonds is 5. The largest absolute Gasteiger partial charge is 0.336 e. The Bertz CT molecular complexity index is 1190. The summed E-state index contributed by atoms with van der Waals surface area (Å²) >= 11 is 0. The highest BCUT2D eigenvalue weighted by Crippen LogP contribution is 2.24. The minimum absolute atomic E-state index is 0.133. The lowest BCUT2D eigenvalue weighted by Gasteiger charge is -2.35. The molecule has 3 aromatic rings. The highest BCUT2D eigenvalue weighted by molar-refractivity contribution is 7.92. The molecule has 1 heterocycles. The quantitative estimate of drug-likeness (QED) is 0.607. The zero-order valence-electron chi connectivity index (χ0n) is 18.0. The van der Waals surface area contributed by atoms with Gasteiger partial charge in [-0.1, -0.05) is 54.6 Å². The van der Waals surface area contributed by atoms with E-state index < -0.39 is 15.1 Å². The van der Waals surface area contributed by atoms with Crippen LogP contribution in [-0.2, 0) is 16.4 Å². The molecule has 0 aromatic heterocycles. The molecule has 3 aromatic carbocycles. The highest BCUT2D eigenvalue weighted by atomic mass is 32.2. The SMILES string of the molecule is CC(C)S(=O)(=O)c1ccccc1C(=O)N1CCN(Cc2cccc3ccccc23)CC1. The molecule has 1 aliphatic heterocycles. The maximum Gasteiger partial charge on any atom is 0.255 e. The zero-order valence-corrected chi connectivity index (χ0v) is 18.8. The van der Waals surface area contributed by atoms with Crippen LogP contribution in [0.2, 0.25) is 0 Å². The monoisotopic (exact) mass is 436 g/mol. The average Bonchev–Trinajstić information content (AvgIpc) is 2.79. The number of amides is 1. The van der Waals surface area contributed by atoms with Crippen molar-refractivity contribution in [3.63, 3.8) is 0 Å². The smallest absolute Gasteiger partial charge is 0.255 e. The van der Waals surface area contributed by atoms with Crippen LogP contribution in [0.3, 0.4) is 0 Å². The second-order valence-electron chi connectivity index (χ2n) is 8.30. The molecular weight excluding hydrogens is 408 g/mol. The molecule has 0 N–H and O–H groups in total. The number of carbonyl (C=O) groups excluding carboxylic acids is 1. The summed E-state index contributed by atoms with van der Waals surface area (Å²) in [5.74, 6) is -0.204. The maximum atomic E-state index is 13.2. The first kappa shape index (κ1) is 21.5.